The second-order valence-corrected chi connectivity index (χ2v) is 5.06. The number of fused-ring (bicyclic) bond motifs is 1. The average molecular weight is 276 g/mol. The minimum absolute atomic E-state index is 0.0229. The maximum Gasteiger partial charge on any atom is 0.298 e. The Bertz CT molecular complexity index is 640. The van der Waals surface area contributed by atoms with Crippen LogP contribution in [0.15, 0.2) is 22.6 Å². The van der Waals surface area contributed by atoms with Gasteiger partial charge >= 0.3 is 0 Å². The average Bonchev–Trinajstić information content (AvgIpc) is 3.03. The van der Waals surface area contributed by atoms with Crippen molar-refractivity contribution < 1.29 is 9.34 Å². The maximum atomic E-state index is 10.7. The molecule has 0 aliphatic carbocycles. The Morgan fingerprint density at radius 2 is 2.45 bits per heavy atom. The Morgan fingerprint density at radius 3 is 3.20 bits per heavy atom. The molecule has 7 nitrogen and oxygen atoms in total. The summed E-state index contributed by atoms with van der Waals surface area (Å²) < 4.78 is 5.66. The highest BCUT2D eigenvalue weighted by molar-refractivity contribution is 5.77. The zero-order chi connectivity index (χ0) is 14.1. The van der Waals surface area contributed by atoms with E-state index in [2.05, 4.69) is 15.2 Å². The van der Waals surface area contributed by atoms with Crippen LogP contribution in [0.3, 0.4) is 0 Å². The number of hydrogen-bond acceptors (Lipinski definition) is 6. The van der Waals surface area contributed by atoms with E-state index in [1.165, 1.54) is 12.1 Å². The summed E-state index contributed by atoms with van der Waals surface area (Å²) in [5, 5.41) is 13.9. The van der Waals surface area contributed by atoms with Crippen molar-refractivity contribution in [1.82, 2.24) is 10.3 Å². The summed E-state index contributed by atoms with van der Waals surface area (Å²) in [7, 11) is 1.95. The summed E-state index contributed by atoms with van der Waals surface area (Å²) >= 11 is 0. The predicted octanol–water partition coefficient (Wildman–Crippen LogP) is 1.78. The van der Waals surface area contributed by atoms with E-state index < -0.39 is 4.92 Å². The first-order valence-corrected chi connectivity index (χ1v) is 6.62. The lowest BCUT2D eigenvalue weighted by molar-refractivity contribution is -0.384. The van der Waals surface area contributed by atoms with Crippen molar-refractivity contribution >= 4 is 22.8 Å². The molecule has 1 N–H and O–H groups in total. The van der Waals surface area contributed by atoms with Gasteiger partial charge in [-0.2, -0.15) is 4.98 Å². The lowest BCUT2D eigenvalue weighted by Crippen LogP contribution is -2.24. The smallest absolute Gasteiger partial charge is 0.298 e. The summed E-state index contributed by atoms with van der Waals surface area (Å²) in [4.78, 5) is 16.8. The molecule has 2 heterocycles. The molecule has 1 aromatic carbocycles. The van der Waals surface area contributed by atoms with Gasteiger partial charge in [0.25, 0.3) is 11.7 Å². The minimum Gasteiger partial charge on any atom is -0.423 e. The number of oxazole rings is 1. The van der Waals surface area contributed by atoms with Crippen LogP contribution in [0.2, 0.25) is 0 Å². The fourth-order valence-electron chi connectivity index (χ4n) is 2.61. The Morgan fingerprint density at radius 1 is 1.60 bits per heavy atom. The van der Waals surface area contributed by atoms with Crippen molar-refractivity contribution in [1.29, 1.82) is 0 Å². The highest BCUT2D eigenvalue weighted by Crippen LogP contribution is 2.28. The van der Waals surface area contributed by atoms with E-state index >= 15 is 0 Å². The largest absolute Gasteiger partial charge is 0.423 e. The number of benzene rings is 1. The zero-order valence-corrected chi connectivity index (χ0v) is 11.2. The second kappa shape index (κ2) is 5.09. The third-order valence-corrected chi connectivity index (χ3v) is 3.62. The SMILES string of the molecule is CNCC1CCN(c2nc3ccc([N+](=O)[O-])cc3o2)C1. The van der Waals surface area contributed by atoms with E-state index in [4.69, 9.17) is 4.42 Å². The summed E-state index contributed by atoms with van der Waals surface area (Å²) in [5.41, 5.74) is 1.14. The van der Waals surface area contributed by atoms with Crippen LogP contribution in [0, 0.1) is 16.0 Å². The molecule has 1 atom stereocenters. The third kappa shape index (κ3) is 2.32. The van der Waals surface area contributed by atoms with Crippen molar-refractivity contribution in [2.45, 2.75) is 6.42 Å². The molecule has 0 saturated carbocycles. The zero-order valence-electron chi connectivity index (χ0n) is 11.2. The summed E-state index contributed by atoms with van der Waals surface area (Å²) in [6.07, 6.45) is 1.10. The second-order valence-electron chi connectivity index (χ2n) is 5.06. The quantitative estimate of drug-likeness (QED) is 0.677. The van der Waals surface area contributed by atoms with Crippen LogP contribution in [-0.4, -0.2) is 36.6 Å². The number of hydrogen-bond donors (Lipinski definition) is 1. The molecule has 1 saturated heterocycles. The molecule has 0 spiro atoms. The molecule has 3 rings (SSSR count). The van der Waals surface area contributed by atoms with E-state index in [1.807, 2.05) is 7.05 Å². The van der Waals surface area contributed by atoms with Gasteiger partial charge in [0.2, 0.25) is 0 Å². The monoisotopic (exact) mass is 276 g/mol. The Balaban J connectivity index is 1.84. The van der Waals surface area contributed by atoms with Crippen molar-refractivity contribution in [3.05, 3.63) is 28.3 Å². The maximum absolute atomic E-state index is 10.7. The molecule has 7 heteroatoms. The predicted molar refractivity (Wildman–Crippen MR) is 74.9 cm³/mol. The molecule has 1 aliphatic rings. The van der Waals surface area contributed by atoms with Crippen LogP contribution >= 0.6 is 0 Å². The first kappa shape index (κ1) is 12.9. The first-order valence-electron chi connectivity index (χ1n) is 6.62. The van der Waals surface area contributed by atoms with Gasteiger partial charge in [0.15, 0.2) is 5.58 Å². The van der Waals surface area contributed by atoms with Crippen LogP contribution < -0.4 is 10.2 Å². The number of nitro benzene ring substituents is 1. The van der Waals surface area contributed by atoms with Crippen molar-refractivity contribution in [3.63, 3.8) is 0 Å². The van der Waals surface area contributed by atoms with Crippen LogP contribution in [0.1, 0.15) is 6.42 Å². The summed E-state index contributed by atoms with van der Waals surface area (Å²) in [5.74, 6) is 0.587. The fourth-order valence-corrected chi connectivity index (χ4v) is 2.61. The summed E-state index contributed by atoms with van der Waals surface area (Å²) in [6.45, 7) is 2.78. The van der Waals surface area contributed by atoms with Crippen molar-refractivity contribution in [3.8, 4) is 0 Å². The molecule has 1 aliphatic heterocycles. The number of rotatable bonds is 4. The van der Waals surface area contributed by atoms with Gasteiger partial charge in [-0.1, -0.05) is 0 Å². The standard InChI is InChI=1S/C13H16N4O3/c1-14-7-9-4-5-16(8-9)13-15-11-3-2-10(17(18)19)6-12(11)20-13/h2-3,6,9,14H,4-5,7-8H2,1H3. The van der Waals surface area contributed by atoms with Crippen LogP contribution in [0.25, 0.3) is 11.1 Å². The molecule has 0 radical (unpaired) electrons. The van der Waals surface area contributed by atoms with Crippen LogP contribution in [-0.2, 0) is 0 Å². The highest BCUT2D eigenvalue weighted by Gasteiger charge is 2.25. The first-order chi connectivity index (χ1) is 9.67. The third-order valence-electron chi connectivity index (χ3n) is 3.62. The highest BCUT2D eigenvalue weighted by atomic mass is 16.6. The lowest BCUT2D eigenvalue weighted by Gasteiger charge is -2.13. The van der Waals surface area contributed by atoms with Gasteiger partial charge in [-0.25, -0.2) is 0 Å². The van der Waals surface area contributed by atoms with E-state index in [9.17, 15) is 10.1 Å². The Kier molecular flexibility index (Phi) is 3.27. The van der Waals surface area contributed by atoms with E-state index in [1.54, 1.807) is 6.07 Å². The van der Waals surface area contributed by atoms with E-state index in [0.717, 1.165) is 26.1 Å². The molecule has 0 amide bonds. The number of anilines is 1. The molecule has 2 aromatic rings. The van der Waals surface area contributed by atoms with Crippen LogP contribution in [0.4, 0.5) is 11.7 Å². The summed E-state index contributed by atoms with van der Waals surface area (Å²) in [6, 6.07) is 5.05. The van der Waals surface area contributed by atoms with Gasteiger partial charge < -0.3 is 14.6 Å². The number of nitro groups is 1. The Hall–Kier alpha value is -2.15. The molecular weight excluding hydrogens is 260 g/mol. The molecular formula is C13H16N4O3. The topological polar surface area (TPSA) is 84.4 Å². The lowest BCUT2D eigenvalue weighted by atomic mass is 10.1. The number of non-ortho nitro benzene ring substituents is 1. The van der Waals surface area contributed by atoms with Gasteiger partial charge in [0.1, 0.15) is 5.52 Å². The number of aromatic nitrogens is 1. The normalized spacial score (nSPS) is 18.9. The van der Waals surface area contributed by atoms with Gasteiger partial charge in [0.05, 0.1) is 11.0 Å². The molecule has 1 aromatic heterocycles. The van der Waals surface area contributed by atoms with Gasteiger partial charge in [0, 0.05) is 19.2 Å². The van der Waals surface area contributed by atoms with Crippen molar-refractivity contribution in [2.75, 3.05) is 31.6 Å². The fraction of sp³-hybridized carbons (Fsp3) is 0.462. The van der Waals surface area contributed by atoms with E-state index in [0.29, 0.717) is 23.0 Å². The minimum atomic E-state index is -0.430. The Labute approximate surface area is 115 Å². The molecule has 20 heavy (non-hydrogen) atoms. The molecule has 0 bridgehead atoms. The van der Waals surface area contributed by atoms with Crippen LogP contribution in [0.5, 0.6) is 0 Å². The number of nitrogens with zero attached hydrogens (tertiary/aromatic N) is 3. The van der Waals surface area contributed by atoms with Gasteiger partial charge in [-0.3, -0.25) is 10.1 Å². The molecule has 1 unspecified atom stereocenters. The van der Waals surface area contributed by atoms with Gasteiger partial charge in [-0.15, -0.1) is 0 Å². The molecule has 1 fully saturated rings. The molecule has 106 valence electrons. The number of nitrogens with one attached hydrogen (secondary N) is 1. The van der Waals surface area contributed by atoms with Gasteiger partial charge in [-0.05, 0) is 32.0 Å². The van der Waals surface area contributed by atoms with E-state index in [-0.39, 0.29) is 5.69 Å². The van der Waals surface area contributed by atoms with Crippen molar-refractivity contribution in [2.24, 2.45) is 5.92 Å².